The van der Waals surface area contributed by atoms with Crippen LogP contribution in [0.2, 0.25) is 0 Å². The van der Waals surface area contributed by atoms with Crippen molar-refractivity contribution in [3.05, 3.63) is 0 Å². The Morgan fingerprint density at radius 1 is 0.818 bits per heavy atom. The summed E-state index contributed by atoms with van der Waals surface area (Å²) in [6.45, 7) is 6.23. The second kappa shape index (κ2) is 16.7. The van der Waals surface area contributed by atoms with Gasteiger partial charge in [-0.2, -0.15) is 4.58 Å². The van der Waals surface area contributed by atoms with Gasteiger partial charge in [-0.25, -0.2) is 4.79 Å². The van der Waals surface area contributed by atoms with E-state index in [1.807, 2.05) is 0 Å². The van der Waals surface area contributed by atoms with Crippen molar-refractivity contribution in [1.82, 2.24) is 0 Å². The summed E-state index contributed by atoms with van der Waals surface area (Å²) in [5, 5.41) is 8.74. The summed E-state index contributed by atoms with van der Waals surface area (Å²) in [6.07, 6.45) is 17.7. The maximum atomic E-state index is 11.6. The van der Waals surface area contributed by atoms with Crippen molar-refractivity contribution in [1.29, 1.82) is 0 Å². The van der Waals surface area contributed by atoms with E-state index in [2.05, 4.69) is 13.6 Å². The highest BCUT2D eigenvalue weighted by Gasteiger charge is 2.12. The number of unbranched alkanes of at least 4 members (excludes halogenated alkanes) is 12. The van der Waals surface area contributed by atoms with E-state index in [-0.39, 0.29) is 12.5 Å². The van der Waals surface area contributed by atoms with Crippen LogP contribution in [0.3, 0.4) is 0 Å². The minimum atomic E-state index is -0.00611. The van der Waals surface area contributed by atoms with E-state index in [0.717, 1.165) is 12.8 Å². The molecule has 0 heterocycles. The van der Waals surface area contributed by atoms with Crippen molar-refractivity contribution in [3.8, 4) is 0 Å². The number of carbonyl (C=O) groups excluding carboxylic acids is 1. The largest absolute Gasteiger partial charge is 0.390 e. The highest BCUT2D eigenvalue weighted by Crippen LogP contribution is 2.12. The number of aliphatic hydroxyl groups is 1. The van der Waals surface area contributed by atoms with Gasteiger partial charge in [0.05, 0.1) is 6.42 Å². The van der Waals surface area contributed by atoms with Crippen LogP contribution in [-0.4, -0.2) is 35.5 Å². The van der Waals surface area contributed by atoms with Crippen LogP contribution in [0.25, 0.3) is 0 Å². The lowest BCUT2D eigenvalue weighted by Crippen LogP contribution is -2.22. The molecule has 130 valence electrons. The third-order valence-corrected chi connectivity index (χ3v) is 4.22. The van der Waals surface area contributed by atoms with E-state index >= 15 is 0 Å². The number of hydrogen-bond acceptors (Lipinski definition) is 2. The number of hydrogen-bond donors (Lipinski definition) is 1. The Morgan fingerprint density at radius 2 is 1.23 bits per heavy atom. The van der Waals surface area contributed by atoms with Crippen LogP contribution in [0.5, 0.6) is 0 Å². The lowest BCUT2D eigenvalue weighted by Gasteiger charge is -2.02. The molecule has 3 nitrogen and oxygen atoms in total. The molecule has 1 amide bonds. The summed E-state index contributed by atoms with van der Waals surface area (Å²) in [6, 6.07) is 0. The van der Waals surface area contributed by atoms with Crippen molar-refractivity contribution in [2.24, 2.45) is 0 Å². The van der Waals surface area contributed by atoms with Crippen molar-refractivity contribution in [2.45, 2.75) is 96.8 Å². The standard InChI is InChI=1S/C19H38NO2/c1-3-4-5-6-7-8-9-10-11-12-13-14-15-16-19(22)20(2)17-18-21/h21H,2-18H2,1H3/q+1. The molecule has 0 aromatic heterocycles. The van der Waals surface area contributed by atoms with Gasteiger partial charge in [-0.1, -0.05) is 84.0 Å². The van der Waals surface area contributed by atoms with E-state index in [9.17, 15) is 4.79 Å². The smallest absolute Gasteiger partial charge is 0.386 e. The first kappa shape index (κ1) is 21.3. The molecule has 0 rings (SSSR count). The normalized spacial score (nSPS) is 10.8. The van der Waals surface area contributed by atoms with Crippen LogP contribution >= 0.6 is 0 Å². The zero-order valence-corrected chi connectivity index (χ0v) is 14.8. The molecule has 0 saturated carbocycles. The summed E-state index contributed by atoms with van der Waals surface area (Å²) >= 11 is 0. The molecule has 0 aliphatic rings. The third kappa shape index (κ3) is 14.2. The molecular weight excluding hydrogens is 274 g/mol. The van der Waals surface area contributed by atoms with Crippen LogP contribution < -0.4 is 0 Å². The Hall–Kier alpha value is -0.700. The lowest BCUT2D eigenvalue weighted by atomic mass is 10.0. The van der Waals surface area contributed by atoms with Crippen molar-refractivity contribution >= 4 is 12.6 Å². The Morgan fingerprint density at radius 3 is 1.64 bits per heavy atom. The maximum Gasteiger partial charge on any atom is 0.386 e. The van der Waals surface area contributed by atoms with E-state index in [1.165, 1.54) is 75.2 Å². The lowest BCUT2D eigenvalue weighted by molar-refractivity contribution is -0.444. The fourth-order valence-corrected chi connectivity index (χ4v) is 2.70. The minimum Gasteiger partial charge on any atom is -0.390 e. The molecule has 0 radical (unpaired) electrons. The molecule has 0 aromatic carbocycles. The fraction of sp³-hybridized carbons (Fsp3) is 0.895. The van der Waals surface area contributed by atoms with Crippen LogP contribution in [0.4, 0.5) is 0 Å². The summed E-state index contributed by atoms with van der Waals surface area (Å²) < 4.78 is 1.38. The molecule has 0 spiro atoms. The second-order valence-electron chi connectivity index (χ2n) is 6.37. The number of carbonyl (C=O) groups is 1. The molecule has 0 atom stereocenters. The van der Waals surface area contributed by atoms with Gasteiger partial charge in [0.2, 0.25) is 0 Å². The van der Waals surface area contributed by atoms with Crippen molar-refractivity contribution in [3.63, 3.8) is 0 Å². The van der Waals surface area contributed by atoms with Gasteiger partial charge in [0, 0.05) is 0 Å². The number of nitrogens with zero attached hydrogens (tertiary/aromatic N) is 1. The number of rotatable bonds is 16. The zero-order chi connectivity index (χ0) is 16.5. The number of aliphatic hydroxyl groups excluding tert-OH is 1. The monoisotopic (exact) mass is 312 g/mol. The topological polar surface area (TPSA) is 40.3 Å². The Kier molecular flexibility index (Phi) is 16.1. The van der Waals surface area contributed by atoms with Crippen LogP contribution in [-0.2, 0) is 4.79 Å². The average molecular weight is 313 g/mol. The summed E-state index contributed by atoms with van der Waals surface area (Å²) in [4.78, 5) is 11.6. The predicted molar refractivity (Wildman–Crippen MR) is 94.7 cm³/mol. The van der Waals surface area contributed by atoms with Gasteiger partial charge >= 0.3 is 5.91 Å². The predicted octanol–water partition coefficient (Wildman–Crippen LogP) is 4.70. The molecule has 1 N–H and O–H groups in total. The maximum absolute atomic E-state index is 11.6. The molecule has 0 aliphatic carbocycles. The first-order valence-corrected chi connectivity index (χ1v) is 9.44. The first-order valence-electron chi connectivity index (χ1n) is 9.44. The molecule has 0 aromatic rings. The second-order valence-corrected chi connectivity index (χ2v) is 6.37. The molecule has 3 heteroatoms. The highest BCUT2D eigenvalue weighted by molar-refractivity contribution is 5.68. The quantitative estimate of drug-likeness (QED) is 0.255. The van der Waals surface area contributed by atoms with Crippen molar-refractivity contribution < 1.29 is 14.5 Å². The van der Waals surface area contributed by atoms with Gasteiger partial charge in [0.1, 0.15) is 13.3 Å². The summed E-state index contributed by atoms with van der Waals surface area (Å²) in [5.41, 5.74) is 0. The number of amides is 1. The van der Waals surface area contributed by atoms with Crippen LogP contribution in [0, 0.1) is 0 Å². The Bertz CT molecular complexity index is 277. The molecule has 22 heavy (non-hydrogen) atoms. The summed E-state index contributed by atoms with van der Waals surface area (Å²) in [7, 11) is 0. The summed E-state index contributed by atoms with van der Waals surface area (Å²) in [5.74, 6) is 0.0529. The van der Waals surface area contributed by atoms with Gasteiger partial charge in [0.25, 0.3) is 0 Å². The van der Waals surface area contributed by atoms with Gasteiger partial charge in [-0.05, 0) is 6.42 Å². The molecular formula is C19H38NO2+. The molecule has 0 aliphatic heterocycles. The van der Waals surface area contributed by atoms with Gasteiger partial charge in [-0.15, -0.1) is 0 Å². The molecule has 0 unspecified atom stereocenters. The zero-order valence-electron chi connectivity index (χ0n) is 14.8. The van der Waals surface area contributed by atoms with Gasteiger partial charge < -0.3 is 5.11 Å². The van der Waals surface area contributed by atoms with Gasteiger partial charge in [-0.3, -0.25) is 0 Å². The van der Waals surface area contributed by atoms with E-state index in [0.29, 0.717) is 13.0 Å². The molecule has 0 bridgehead atoms. The van der Waals surface area contributed by atoms with E-state index < -0.39 is 0 Å². The Labute approximate surface area is 137 Å². The van der Waals surface area contributed by atoms with Crippen LogP contribution in [0.1, 0.15) is 96.8 Å². The van der Waals surface area contributed by atoms with E-state index in [1.54, 1.807) is 0 Å². The highest BCUT2D eigenvalue weighted by atomic mass is 16.3. The minimum absolute atomic E-state index is 0.00611. The SMILES string of the molecule is C=[N+](CCO)C(=O)CCCCCCCCCCCCCCC. The first-order chi connectivity index (χ1) is 10.7. The molecule has 0 fully saturated rings. The van der Waals surface area contributed by atoms with E-state index in [4.69, 9.17) is 5.11 Å². The Balaban J connectivity index is 3.17. The molecule has 0 saturated heterocycles. The van der Waals surface area contributed by atoms with Crippen LogP contribution in [0.15, 0.2) is 0 Å². The van der Waals surface area contributed by atoms with Gasteiger partial charge in [0.15, 0.2) is 6.54 Å². The fourth-order valence-electron chi connectivity index (χ4n) is 2.70. The third-order valence-electron chi connectivity index (χ3n) is 4.22. The van der Waals surface area contributed by atoms with Crippen molar-refractivity contribution in [2.75, 3.05) is 13.2 Å². The average Bonchev–Trinajstić information content (AvgIpc) is 2.51.